The summed E-state index contributed by atoms with van der Waals surface area (Å²) in [4.78, 5) is 7.53. The fraction of sp³-hybridized carbons (Fsp3) is 0.524. The summed E-state index contributed by atoms with van der Waals surface area (Å²) >= 11 is 6.46. The van der Waals surface area contributed by atoms with E-state index in [1.807, 2.05) is 17.3 Å². The quantitative estimate of drug-likeness (QED) is 0.796. The monoisotopic (exact) mass is 385 g/mol. The van der Waals surface area contributed by atoms with Crippen LogP contribution in [0.2, 0.25) is 5.02 Å². The van der Waals surface area contributed by atoms with Gasteiger partial charge < -0.3 is 10.2 Å². The third kappa shape index (κ3) is 3.63. The van der Waals surface area contributed by atoms with Gasteiger partial charge >= 0.3 is 0 Å². The number of nitrogens with one attached hydrogen (secondary N) is 1. The molecule has 3 aliphatic heterocycles. The van der Waals surface area contributed by atoms with Gasteiger partial charge in [-0.3, -0.25) is 4.99 Å². The molecular weight excluding hydrogens is 358 g/mol. The van der Waals surface area contributed by atoms with E-state index < -0.39 is 0 Å². The number of nitrogens with zero attached hydrogens (tertiary/aromatic N) is 4. The fourth-order valence-corrected chi connectivity index (χ4v) is 4.50. The number of hydrogen-bond acceptors (Lipinski definition) is 5. The Morgan fingerprint density at radius 1 is 1.15 bits per heavy atom. The topological polar surface area (TPSA) is 43.2 Å². The minimum absolute atomic E-state index is 0.209. The van der Waals surface area contributed by atoms with Gasteiger partial charge in [-0.15, -0.1) is 0 Å². The number of aliphatic imine (C=N–C) groups is 1. The molecule has 2 unspecified atom stereocenters. The van der Waals surface area contributed by atoms with Gasteiger partial charge in [-0.25, -0.2) is 5.01 Å². The number of piperazine rings is 1. The smallest absolute Gasteiger partial charge is 0.173 e. The Hall–Kier alpha value is -1.85. The minimum atomic E-state index is 0.209. The molecule has 0 amide bonds. The van der Waals surface area contributed by atoms with Crippen molar-refractivity contribution in [2.75, 3.05) is 31.2 Å². The first-order chi connectivity index (χ1) is 13.0. The Morgan fingerprint density at radius 2 is 1.93 bits per heavy atom. The standard InChI is InChI=1S/C21H28ClN5/c1-14-4-5-18(26-10-8-23-9-11-26)21-25-16(3)6-7-24-27(21)19-13-17(22)12-15(2)20(14)19/h5,7,12-14,16,23H,4,6,8-11H2,1-3H3. The number of allylic oxidation sites excluding steroid dienone is 1. The summed E-state index contributed by atoms with van der Waals surface area (Å²) in [6, 6.07) is 4.31. The van der Waals surface area contributed by atoms with Crippen LogP contribution in [-0.4, -0.2) is 49.2 Å². The van der Waals surface area contributed by atoms with Gasteiger partial charge in [0.25, 0.3) is 0 Å². The maximum atomic E-state index is 6.46. The molecule has 3 heterocycles. The molecule has 1 saturated heterocycles. The van der Waals surface area contributed by atoms with Crippen molar-refractivity contribution in [1.82, 2.24) is 10.2 Å². The number of amidine groups is 1. The van der Waals surface area contributed by atoms with Crippen molar-refractivity contribution in [2.45, 2.75) is 45.6 Å². The molecule has 1 aromatic rings. The SMILES string of the molecule is Cc1cc(Cl)cc2c1C(C)CC=C(N1CCNCC1)C1=NC(C)CC=NN12. The molecule has 27 heavy (non-hydrogen) atoms. The Bertz CT molecular complexity index is 807. The van der Waals surface area contributed by atoms with E-state index in [2.05, 4.69) is 43.1 Å². The molecule has 2 atom stereocenters. The first kappa shape index (κ1) is 18.5. The molecule has 144 valence electrons. The Balaban J connectivity index is 1.89. The number of rotatable bonds is 1. The Morgan fingerprint density at radius 3 is 2.70 bits per heavy atom. The summed E-state index contributed by atoms with van der Waals surface area (Å²) in [5.74, 6) is 1.35. The number of aryl methyl sites for hydroxylation is 1. The van der Waals surface area contributed by atoms with Crippen LogP contribution in [-0.2, 0) is 0 Å². The van der Waals surface area contributed by atoms with Gasteiger partial charge in [-0.1, -0.05) is 24.6 Å². The molecule has 0 aromatic heterocycles. The van der Waals surface area contributed by atoms with Gasteiger partial charge in [0.1, 0.15) is 0 Å². The van der Waals surface area contributed by atoms with E-state index in [4.69, 9.17) is 21.7 Å². The van der Waals surface area contributed by atoms with Gasteiger partial charge in [0.05, 0.1) is 17.4 Å². The molecule has 0 radical (unpaired) electrons. The van der Waals surface area contributed by atoms with E-state index in [1.165, 1.54) is 16.8 Å². The summed E-state index contributed by atoms with van der Waals surface area (Å²) in [5, 5.41) is 11.1. The first-order valence-electron chi connectivity index (χ1n) is 9.91. The highest BCUT2D eigenvalue weighted by molar-refractivity contribution is 6.31. The van der Waals surface area contributed by atoms with E-state index in [9.17, 15) is 0 Å². The third-order valence-corrected chi connectivity index (χ3v) is 5.81. The lowest BCUT2D eigenvalue weighted by atomic mass is 9.90. The largest absolute Gasteiger partial charge is 0.366 e. The molecular formula is C21H28ClN5. The molecule has 0 bridgehead atoms. The molecule has 1 aromatic carbocycles. The van der Waals surface area contributed by atoms with Gasteiger partial charge in [-0.05, 0) is 49.4 Å². The van der Waals surface area contributed by atoms with Crippen molar-refractivity contribution in [3.05, 3.63) is 40.1 Å². The van der Waals surface area contributed by atoms with Crippen molar-refractivity contribution < 1.29 is 0 Å². The highest BCUT2D eigenvalue weighted by Crippen LogP contribution is 2.39. The second kappa shape index (κ2) is 7.64. The zero-order chi connectivity index (χ0) is 19.0. The second-order valence-corrected chi connectivity index (χ2v) is 8.20. The average molecular weight is 386 g/mol. The van der Waals surface area contributed by atoms with Crippen LogP contribution >= 0.6 is 11.6 Å². The van der Waals surface area contributed by atoms with Gasteiger partial charge in [0, 0.05) is 43.8 Å². The number of hydrazone groups is 1. The molecule has 3 aliphatic rings. The molecule has 4 rings (SSSR count). The lowest BCUT2D eigenvalue weighted by Crippen LogP contribution is -2.47. The molecule has 6 heteroatoms. The van der Waals surface area contributed by atoms with E-state index in [1.54, 1.807) is 0 Å². The molecule has 0 aliphatic carbocycles. The molecule has 1 fully saturated rings. The Labute approximate surface area is 166 Å². The van der Waals surface area contributed by atoms with Gasteiger partial charge in [0.15, 0.2) is 5.84 Å². The highest BCUT2D eigenvalue weighted by atomic mass is 35.5. The zero-order valence-electron chi connectivity index (χ0n) is 16.4. The van der Waals surface area contributed by atoms with Crippen molar-refractivity contribution in [3.8, 4) is 0 Å². The predicted octanol–water partition coefficient (Wildman–Crippen LogP) is 3.93. The summed E-state index contributed by atoms with van der Waals surface area (Å²) in [5.41, 5.74) is 4.81. The maximum Gasteiger partial charge on any atom is 0.173 e. The van der Waals surface area contributed by atoms with E-state index >= 15 is 0 Å². The summed E-state index contributed by atoms with van der Waals surface area (Å²) in [6.45, 7) is 10.6. The number of benzene rings is 1. The summed E-state index contributed by atoms with van der Waals surface area (Å²) in [6.07, 6.45) is 6.19. The normalized spacial score (nSPS) is 25.6. The van der Waals surface area contributed by atoms with Crippen LogP contribution in [0.15, 0.2) is 34.0 Å². The van der Waals surface area contributed by atoms with Crippen LogP contribution in [0, 0.1) is 6.92 Å². The fourth-order valence-electron chi connectivity index (χ4n) is 4.23. The van der Waals surface area contributed by atoms with Crippen LogP contribution < -0.4 is 10.3 Å². The summed E-state index contributed by atoms with van der Waals surface area (Å²) < 4.78 is 0. The van der Waals surface area contributed by atoms with Crippen LogP contribution in [0.1, 0.15) is 43.7 Å². The molecule has 0 spiro atoms. The molecule has 0 saturated carbocycles. The van der Waals surface area contributed by atoms with Gasteiger partial charge in [-0.2, -0.15) is 5.10 Å². The van der Waals surface area contributed by atoms with E-state index in [0.29, 0.717) is 5.92 Å². The minimum Gasteiger partial charge on any atom is -0.366 e. The predicted molar refractivity (Wildman–Crippen MR) is 114 cm³/mol. The third-order valence-electron chi connectivity index (χ3n) is 5.59. The first-order valence-corrected chi connectivity index (χ1v) is 10.3. The Kier molecular flexibility index (Phi) is 5.24. The second-order valence-electron chi connectivity index (χ2n) is 7.77. The van der Waals surface area contributed by atoms with Crippen molar-refractivity contribution in [2.24, 2.45) is 10.1 Å². The number of fused-ring (bicyclic) bond motifs is 3. The highest BCUT2D eigenvalue weighted by Gasteiger charge is 2.30. The van der Waals surface area contributed by atoms with Gasteiger partial charge in [0.2, 0.25) is 0 Å². The number of halogens is 1. The van der Waals surface area contributed by atoms with Crippen molar-refractivity contribution in [1.29, 1.82) is 0 Å². The van der Waals surface area contributed by atoms with Crippen LogP contribution in [0.25, 0.3) is 0 Å². The van der Waals surface area contributed by atoms with E-state index in [-0.39, 0.29) is 6.04 Å². The van der Waals surface area contributed by atoms with Crippen molar-refractivity contribution in [3.63, 3.8) is 0 Å². The van der Waals surface area contributed by atoms with Crippen LogP contribution in [0.3, 0.4) is 0 Å². The number of hydrogen-bond donors (Lipinski definition) is 1. The lowest BCUT2D eigenvalue weighted by molar-refractivity contribution is 0.309. The lowest BCUT2D eigenvalue weighted by Gasteiger charge is -2.37. The van der Waals surface area contributed by atoms with Crippen LogP contribution in [0.5, 0.6) is 0 Å². The van der Waals surface area contributed by atoms with E-state index in [0.717, 1.165) is 55.6 Å². The van der Waals surface area contributed by atoms with Crippen molar-refractivity contribution >= 4 is 29.3 Å². The molecule has 1 N–H and O–H groups in total. The zero-order valence-corrected chi connectivity index (χ0v) is 17.1. The van der Waals surface area contributed by atoms with Crippen LogP contribution in [0.4, 0.5) is 5.69 Å². The summed E-state index contributed by atoms with van der Waals surface area (Å²) in [7, 11) is 0. The maximum absolute atomic E-state index is 6.46. The molecule has 5 nitrogen and oxygen atoms in total. The average Bonchev–Trinajstić information content (AvgIpc) is 2.82. The number of anilines is 1.